The van der Waals surface area contributed by atoms with Crippen molar-refractivity contribution in [2.75, 3.05) is 13.2 Å². The van der Waals surface area contributed by atoms with Crippen LogP contribution in [-0.2, 0) is 13.1 Å². The molecule has 70 valence electrons. The molecule has 0 aromatic heterocycles. The largest absolute Gasteiger partial charge is 0.396 e. The van der Waals surface area contributed by atoms with Crippen LogP contribution >= 0.6 is 0 Å². The topological polar surface area (TPSA) is 23.5 Å². The molecular formula is C11H15NO. The molecule has 2 nitrogen and oxygen atoms in total. The van der Waals surface area contributed by atoms with E-state index in [-0.39, 0.29) is 0 Å². The predicted molar refractivity (Wildman–Crippen MR) is 52.3 cm³/mol. The Morgan fingerprint density at radius 1 is 1.15 bits per heavy atom. The summed E-state index contributed by atoms with van der Waals surface area (Å²) in [6.45, 7) is 3.41. The van der Waals surface area contributed by atoms with Gasteiger partial charge in [-0.15, -0.1) is 0 Å². The minimum absolute atomic E-state index is 0.298. The highest BCUT2D eigenvalue weighted by Gasteiger charge is 2.16. The number of nitrogens with zero attached hydrogens (tertiary/aromatic N) is 1. The van der Waals surface area contributed by atoms with Crippen LogP contribution in [0.25, 0.3) is 0 Å². The van der Waals surface area contributed by atoms with E-state index >= 15 is 0 Å². The van der Waals surface area contributed by atoms with E-state index in [9.17, 15) is 0 Å². The van der Waals surface area contributed by atoms with Crippen molar-refractivity contribution in [2.45, 2.75) is 19.5 Å². The van der Waals surface area contributed by atoms with Gasteiger partial charge < -0.3 is 5.11 Å². The number of aliphatic hydroxyl groups excluding tert-OH is 1. The monoisotopic (exact) mass is 177 g/mol. The van der Waals surface area contributed by atoms with Crippen LogP contribution in [0, 0.1) is 0 Å². The first kappa shape index (κ1) is 8.73. The number of hydrogen-bond acceptors (Lipinski definition) is 2. The average Bonchev–Trinajstić information content (AvgIpc) is 2.57. The Morgan fingerprint density at radius 2 is 1.77 bits per heavy atom. The summed E-state index contributed by atoms with van der Waals surface area (Å²) >= 11 is 0. The van der Waals surface area contributed by atoms with Crippen molar-refractivity contribution < 1.29 is 5.11 Å². The number of aliphatic hydroxyl groups is 1. The predicted octanol–water partition coefficient (Wildman–Crippen LogP) is 1.38. The van der Waals surface area contributed by atoms with Crippen LogP contribution in [0.1, 0.15) is 17.5 Å². The van der Waals surface area contributed by atoms with Crippen molar-refractivity contribution in [3.63, 3.8) is 0 Å². The average molecular weight is 177 g/mol. The normalized spacial score (nSPS) is 16.1. The van der Waals surface area contributed by atoms with Crippen LogP contribution in [0.5, 0.6) is 0 Å². The lowest BCUT2D eigenvalue weighted by Gasteiger charge is -2.12. The van der Waals surface area contributed by atoms with E-state index in [1.807, 2.05) is 0 Å². The SMILES string of the molecule is OCCCN1Cc2ccccc2C1. The summed E-state index contributed by atoms with van der Waals surface area (Å²) in [5.74, 6) is 0. The molecule has 0 radical (unpaired) electrons. The van der Waals surface area contributed by atoms with E-state index in [0.717, 1.165) is 26.1 Å². The molecule has 0 aliphatic carbocycles. The van der Waals surface area contributed by atoms with E-state index in [1.54, 1.807) is 0 Å². The summed E-state index contributed by atoms with van der Waals surface area (Å²) < 4.78 is 0. The van der Waals surface area contributed by atoms with Crippen molar-refractivity contribution in [1.82, 2.24) is 4.90 Å². The summed E-state index contributed by atoms with van der Waals surface area (Å²) in [7, 11) is 0. The van der Waals surface area contributed by atoms with Crippen molar-refractivity contribution in [3.05, 3.63) is 35.4 Å². The van der Waals surface area contributed by atoms with E-state index in [2.05, 4.69) is 29.2 Å². The lowest BCUT2D eigenvalue weighted by atomic mass is 10.1. The van der Waals surface area contributed by atoms with Crippen LogP contribution < -0.4 is 0 Å². The molecular weight excluding hydrogens is 162 g/mol. The maximum absolute atomic E-state index is 8.72. The molecule has 0 unspecified atom stereocenters. The van der Waals surface area contributed by atoms with Crippen molar-refractivity contribution in [1.29, 1.82) is 0 Å². The standard InChI is InChI=1S/C11H15NO/c13-7-3-6-12-8-10-4-1-2-5-11(10)9-12/h1-2,4-5,13H,3,6-9H2. The van der Waals surface area contributed by atoms with Gasteiger partial charge in [0.05, 0.1) is 0 Å². The molecule has 1 aliphatic rings. The lowest BCUT2D eigenvalue weighted by molar-refractivity contribution is 0.226. The second kappa shape index (κ2) is 3.90. The van der Waals surface area contributed by atoms with Gasteiger partial charge in [0.1, 0.15) is 0 Å². The molecule has 0 bridgehead atoms. The van der Waals surface area contributed by atoms with Gasteiger partial charge in [0.15, 0.2) is 0 Å². The lowest BCUT2D eigenvalue weighted by Crippen LogP contribution is -2.18. The van der Waals surface area contributed by atoms with Crippen molar-refractivity contribution in [2.24, 2.45) is 0 Å². The minimum atomic E-state index is 0.298. The van der Waals surface area contributed by atoms with Gasteiger partial charge in [0.2, 0.25) is 0 Å². The zero-order valence-corrected chi connectivity index (χ0v) is 7.74. The Kier molecular flexibility index (Phi) is 2.62. The molecule has 1 aromatic carbocycles. The number of hydrogen-bond donors (Lipinski definition) is 1. The third kappa shape index (κ3) is 1.90. The molecule has 2 rings (SSSR count). The van der Waals surface area contributed by atoms with E-state index in [0.29, 0.717) is 6.61 Å². The van der Waals surface area contributed by atoms with Gasteiger partial charge in [-0.2, -0.15) is 0 Å². The third-order valence-electron chi connectivity index (χ3n) is 2.54. The second-order valence-corrected chi connectivity index (χ2v) is 3.56. The smallest absolute Gasteiger partial charge is 0.0443 e. The first-order valence-electron chi connectivity index (χ1n) is 4.80. The molecule has 1 aliphatic heterocycles. The molecule has 1 N–H and O–H groups in total. The van der Waals surface area contributed by atoms with E-state index in [4.69, 9.17) is 5.11 Å². The van der Waals surface area contributed by atoms with Crippen LogP contribution in [0.2, 0.25) is 0 Å². The summed E-state index contributed by atoms with van der Waals surface area (Å²) in [6, 6.07) is 8.56. The number of fused-ring (bicyclic) bond motifs is 1. The number of rotatable bonds is 3. The molecule has 1 heterocycles. The second-order valence-electron chi connectivity index (χ2n) is 3.56. The first-order valence-corrected chi connectivity index (χ1v) is 4.80. The summed E-state index contributed by atoms with van der Waals surface area (Å²) in [5, 5.41) is 8.72. The maximum atomic E-state index is 8.72. The van der Waals surface area contributed by atoms with Crippen molar-refractivity contribution in [3.8, 4) is 0 Å². The Morgan fingerprint density at radius 3 is 2.31 bits per heavy atom. The maximum Gasteiger partial charge on any atom is 0.0443 e. The molecule has 0 amide bonds. The van der Waals surface area contributed by atoms with E-state index in [1.165, 1.54) is 11.1 Å². The molecule has 0 saturated heterocycles. The molecule has 2 heteroatoms. The quantitative estimate of drug-likeness (QED) is 0.754. The van der Waals surface area contributed by atoms with Gasteiger partial charge in [0.25, 0.3) is 0 Å². The highest BCUT2D eigenvalue weighted by Crippen LogP contribution is 2.21. The molecule has 1 aromatic rings. The first-order chi connectivity index (χ1) is 6.40. The number of benzene rings is 1. The van der Waals surface area contributed by atoms with Gasteiger partial charge in [-0.25, -0.2) is 0 Å². The Balaban J connectivity index is 1.97. The Hall–Kier alpha value is -0.860. The van der Waals surface area contributed by atoms with Crippen LogP contribution in [-0.4, -0.2) is 23.2 Å². The van der Waals surface area contributed by atoms with Crippen molar-refractivity contribution >= 4 is 0 Å². The fraction of sp³-hybridized carbons (Fsp3) is 0.455. The van der Waals surface area contributed by atoms with Gasteiger partial charge in [-0.3, -0.25) is 4.90 Å². The molecule has 0 fully saturated rings. The zero-order chi connectivity index (χ0) is 9.10. The van der Waals surface area contributed by atoms with Gasteiger partial charge >= 0.3 is 0 Å². The summed E-state index contributed by atoms with van der Waals surface area (Å²) in [5.41, 5.74) is 2.89. The summed E-state index contributed by atoms with van der Waals surface area (Å²) in [4.78, 5) is 2.38. The van der Waals surface area contributed by atoms with Gasteiger partial charge in [-0.1, -0.05) is 24.3 Å². The highest BCUT2D eigenvalue weighted by molar-refractivity contribution is 5.30. The third-order valence-corrected chi connectivity index (χ3v) is 2.54. The molecule has 0 atom stereocenters. The molecule has 0 saturated carbocycles. The minimum Gasteiger partial charge on any atom is -0.396 e. The summed E-state index contributed by atoms with van der Waals surface area (Å²) in [6.07, 6.45) is 0.883. The van der Waals surface area contributed by atoms with Crippen LogP contribution in [0.15, 0.2) is 24.3 Å². The highest BCUT2D eigenvalue weighted by atomic mass is 16.3. The zero-order valence-electron chi connectivity index (χ0n) is 7.74. The Bertz CT molecular complexity index is 260. The molecule has 0 spiro atoms. The Labute approximate surface area is 78.8 Å². The van der Waals surface area contributed by atoms with Gasteiger partial charge in [0, 0.05) is 26.2 Å². The van der Waals surface area contributed by atoms with Gasteiger partial charge in [-0.05, 0) is 17.5 Å². The van der Waals surface area contributed by atoms with Crippen LogP contribution in [0.4, 0.5) is 0 Å². The van der Waals surface area contributed by atoms with Crippen LogP contribution in [0.3, 0.4) is 0 Å². The fourth-order valence-electron chi connectivity index (χ4n) is 1.86. The fourth-order valence-corrected chi connectivity index (χ4v) is 1.86. The molecule has 13 heavy (non-hydrogen) atoms. The van der Waals surface area contributed by atoms with E-state index < -0.39 is 0 Å².